The highest BCUT2D eigenvalue weighted by Crippen LogP contribution is 2.23. The minimum atomic E-state index is -0.0933. The average molecular weight is 277 g/mol. The summed E-state index contributed by atoms with van der Waals surface area (Å²) in [5.74, 6) is 0. The number of rotatable bonds is 6. The second-order valence-corrected chi connectivity index (χ2v) is 6.38. The molecular formula is C17H27NO2. The first kappa shape index (κ1) is 15.5. The van der Waals surface area contributed by atoms with Crippen LogP contribution in [-0.2, 0) is 10.2 Å². The smallest absolute Gasteiger partial charge is 0.0593 e. The molecule has 3 nitrogen and oxygen atoms in total. The molecule has 0 amide bonds. The molecule has 0 bridgehead atoms. The van der Waals surface area contributed by atoms with E-state index >= 15 is 0 Å². The number of hydrogen-bond donors (Lipinski definition) is 1. The Labute approximate surface area is 122 Å². The summed E-state index contributed by atoms with van der Waals surface area (Å²) >= 11 is 0. The van der Waals surface area contributed by atoms with E-state index in [1.807, 2.05) is 6.07 Å². The third-order valence-electron chi connectivity index (χ3n) is 4.13. The van der Waals surface area contributed by atoms with Crippen LogP contribution in [0.4, 0.5) is 0 Å². The van der Waals surface area contributed by atoms with Gasteiger partial charge < -0.3 is 14.7 Å². The molecule has 0 saturated carbocycles. The topological polar surface area (TPSA) is 32.7 Å². The van der Waals surface area contributed by atoms with Gasteiger partial charge in [-0.15, -0.1) is 0 Å². The van der Waals surface area contributed by atoms with Crippen LogP contribution < -0.4 is 0 Å². The van der Waals surface area contributed by atoms with Gasteiger partial charge in [-0.3, -0.25) is 0 Å². The van der Waals surface area contributed by atoms with E-state index in [1.54, 1.807) is 0 Å². The van der Waals surface area contributed by atoms with Crippen LogP contribution in [0.15, 0.2) is 30.3 Å². The van der Waals surface area contributed by atoms with Gasteiger partial charge in [-0.05, 0) is 18.4 Å². The first-order valence-electron chi connectivity index (χ1n) is 7.61. The van der Waals surface area contributed by atoms with Gasteiger partial charge in [-0.25, -0.2) is 0 Å². The van der Waals surface area contributed by atoms with Crippen LogP contribution in [0.3, 0.4) is 0 Å². The fourth-order valence-electron chi connectivity index (χ4n) is 2.64. The van der Waals surface area contributed by atoms with Crippen LogP contribution in [0, 0.1) is 0 Å². The van der Waals surface area contributed by atoms with Gasteiger partial charge in [0.1, 0.15) is 0 Å². The summed E-state index contributed by atoms with van der Waals surface area (Å²) in [7, 11) is 0. The molecule has 3 heteroatoms. The lowest BCUT2D eigenvalue weighted by Gasteiger charge is -2.30. The zero-order valence-corrected chi connectivity index (χ0v) is 12.7. The lowest BCUT2D eigenvalue weighted by atomic mass is 9.86. The van der Waals surface area contributed by atoms with Crippen molar-refractivity contribution in [3.05, 3.63) is 35.9 Å². The van der Waals surface area contributed by atoms with Crippen molar-refractivity contribution in [3.63, 3.8) is 0 Å². The molecule has 1 aliphatic heterocycles. The van der Waals surface area contributed by atoms with E-state index in [0.717, 1.165) is 45.7 Å². The molecule has 1 aromatic carbocycles. The van der Waals surface area contributed by atoms with Gasteiger partial charge in [0, 0.05) is 25.0 Å². The van der Waals surface area contributed by atoms with Crippen molar-refractivity contribution < 1.29 is 9.84 Å². The predicted molar refractivity (Wildman–Crippen MR) is 82.0 cm³/mol. The normalized spacial score (nSPS) is 18.4. The minimum absolute atomic E-state index is 0.0549. The minimum Gasteiger partial charge on any atom is -0.393 e. The summed E-state index contributed by atoms with van der Waals surface area (Å²) < 4.78 is 5.88. The number of piperidine rings is 1. The van der Waals surface area contributed by atoms with Crippen molar-refractivity contribution in [2.24, 2.45) is 0 Å². The molecule has 1 N–H and O–H groups in total. The van der Waals surface area contributed by atoms with Gasteiger partial charge in [-0.2, -0.15) is 0 Å². The quantitative estimate of drug-likeness (QED) is 0.811. The van der Waals surface area contributed by atoms with Gasteiger partial charge >= 0.3 is 0 Å². The lowest BCUT2D eigenvalue weighted by Crippen LogP contribution is -2.38. The molecule has 0 spiro atoms. The van der Waals surface area contributed by atoms with Crippen LogP contribution in [-0.4, -0.2) is 49.0 Å². The predicted octanol–water partition coefficient (Wildman–Crippen LogP) is 2.44. The number of aliphatic hydroxyl groups is 1. The highest BCUT2D eigenvalue weighted by Gasteiger charge is 2.21. The Hall–Kier alpha value is -0.900. The first-order valence-corrected chi connectivity index (χ1v) is 7.61. The Bertz CT molecular complexity index is 383. The number of benzene rings is 1. The number of aliphatic hydroxyl groups excluding tert-OH is 1. The summed E-state index contributed by atoms with van der Waals surface area (Å²) in [6, 6.07) is 10.5. The molecule has 0 aromatic heterocycles. The summed E-state index contributed by atoms with van der Waals surface area (Å²) in [6.45, 7) is 8.91. The second-order valence-electron chi connectivity index (χ2n) is 6.38. The van der Waals surface area contributed by atoms with Gasteiger partial charge in [0.25, 0.3) is 0 Å². The van der Waals surface area contributed by atoms with E-state index in [0.29, 0.717) is 0 Å². The molecule has 1 aromatic rings. The summed E-state index contributed by atoms with van der Waals surface area (Å²) in [6.07, 6.45) is 1.70. The Morgan fingerprint density at radius 3 is 2.50 bits per heavy atom. The fourth-order valence-corrected chi connectivity index (χ4v) is 2.64. The summed E-state index contributed by atoms with van der Waals surface area (Å²) in [5, 5.41) is 9.47. The maximum absolute atomic E-state index is 9.47. The van der Waals surface area contributed by atoms with Gasteiger partial charge in [0.05, 0.1) is 19.3 Å². The Kier molecular flexibility index (Phi) is 5.58. The maximum atomic E-state index is 9.47. The molecule has 0 atom stereocenters. The van der Waals surface area contributed by atoms with E-state index < -0.39 is 0 Å². The van der Waals surface area contributed by atoms with Crippen LogP contribution in [0.1, 0.15) is 32.3 Å². The number of hydrogen-bond acceptors (Lipinski definition) is 3. The molecule has 1 aliphatic rings. The standard InChI is InChI=1S/C17H27NO2/c1-17(2,15-6-4-3-5-7-15)14-20-13-12-18-10-8-16(19)9-11-18/h3-7,16,19H,8-14H2,1-2H3. The van der Waals surface area contributed by atoms with E-state index in [4.69, 9.17) is 4.74 Å². The van der Waals surface area contributed by atoms with Crippen molar-refractivity contribution in [1.82, 2.24) is 4.90 Å². The SMILES string of the molecule is CC(C)(COCCN1CCC(O)CC1)c1ccccc1. The Balaban J connectivity index is 1.68. The largest absolute Gasteiger partial charge is 0.393 e. The van der Waals surface area contributed by atoms with Gasteiger partial charge in [0.15, 0.2) is 0 Å². The number of likely N-dealkylation sites (tertiary alicyclic amines) is 1. The Morgan fingerprint density at radius 2 is 1.85 bits per heavy atom. The van der Waals surface area contributed by atoms with Crippen LogP contribution >= 0.6 is 0 Å². The van der Waals surface area contributed by atoms with Crippen LogP contribution in [0.25, 0.3) is 0 Å². The van der Waals surface area contributed by atoms with Gasteiger partial charge in [0.2, 0.25) is 0 Å². The fraction of sp³-hybridized carbons (Fsp3) is 0.647. The van der Waals surface area contributed by atoms with Crippen LogP contribution in [0.5, 0.6) is 0 Å². The molecule has 112 valence electrons. The monoisotopic (exact) mass is 277 g/mol. The first-order chi connectivity index (χ1) is 9.58. The Morgan fingerprint density at radius 1 is 1.20 bits per heavy atom. The van der Waals surface area contributed by atoms with E-state index in [-0.39, 0.29) is 11.5 Å². The number of nitrogens with zero attached hydrogens (tertiary/aromatic N) is 1. The van der Waals surface area contributed by atoms with Gasteiger partial charge in [-0.1, -0.05) is 44.2 Å². The average Bonchev–Trinajstić information content (AvgIpc) is 2.46. The van der Waals surface area contributed by atoms with Crippen molar-refractivity contribution >= 4 is 0 Å². The summed E-state index contributed by atoms with van der Waals surface area (Å²) in [4.78, 5) is 2.38. The van der Waals surface area contributed by atoms with Crippen molar-refractivity contribution in [1.29, 1.82) is 0 Å². The third kappa shape index (κ3) is 4.58. The molecular weight excluding hydrogens is 250 g/mol. The van der Waals surface area contributed by atoms with Crippen molar-refractivity contribution in [2.75, 3.05) is 32.8 Å². The highest BCUT2D eigenvalue weighted by molar-refractivity contribution is 5.23. The zero-order valence-electron chi connectivity index (χ0n) is 12.7. The lowest BCUT2D eigenvalue weighted by molar-refractivity contribution is 0.0444. The zero-order chi connectivity index (χ0) is 14.4. The molecule has 1 fully saturated rings. The third-order valence-corrected chi connectivity index (χ3v) is 4.13. The van der Waals surface area contributed by atoms with E-state index in [2.05, 4.69) is 43.0 Å². The molecule has 20 heavy (non-hydrogen) atoms. The van der Waals surface area contributed by atoms with E-state index in [1.165, 1.54) is 5.56 Å². The molecule has 0 radical (unpaired) electrons. The highest BCUT2D eigenvalue weighted by atomic mass is 16.5. The second kappa shape index (κ2) is 7.21. The summed E-state index contributed by atoms with van der Waals surface area (Å²) in [5.41, 5.74) is 1.38. The van der Waals surface area contributed by atoms with Crippen LogP contribution in [0.2, 0.25) is 0 Å². The molecule has 1 saturated heterocycles. The van der Waals surface area contributed by atoms with Crippen molar-refractivity contribution in [2.45, 2.75) is 38.2 Å². The maximum Gasteiger partial charge on any atom is 0.0593 e. The molecule has 0 aliphatic carbocycles. The van der Waals surface area contributed by atoms with Crippen molar-refractivity contribution in [3.8, 4) is 0 Å². The molecule has 2 rings (SSSR count). The van der Waals surface area contributed by atoms with E-state index in [9.17, 15) is 5.11 Å². The molecule has 1 heterocycles. The molecule has 0 unspecified atom stereocenters. The number of ether oxygens (including phenoxy) is 1.